The topological polar surface area (TPSA) is 44.8 Å². The van der Waals surface area contributed by atoms with Gasteiger partial charge in [-0.25, -0.2) is 0 Å². The van der Waals surface area contributed by atoms with Crippen molar-refractivity contribution in [1.29, 1.82) is 0 Å². The lowest BCUT2D eigenvalue weighted by Gasteiger charge is -2.15. The molecule has 1 unspecified atom stereocenters. The molecule has 0 radical (unpaired) electrons. The Balaban J connectivity index is 2.28. The van der Waals surface area contributed by atoms with Gasteiger partial charge in [-0.2, -0.15) is 0 Å². The van der Waals surface area contributed by atoms with Crippen molar-refractivity contribution in [3.8, 4) is 0 Å². The fourth-order valence-electron chi connectivity index (χ4n) is 1.45. The summed E-state index contributed by atoms with van der Waals surface area (Å²) >= 11 is 0. The molecule has 0 spiro atoms. The van der Waals surface area contributed by atoms with Crippen LogP contribution in [0.5, 0.6) is 0 Å². The zero-order chi connectivity index (χ0) is 10.4. The largest absolute Gasteiger partial charge is 0.465 e. The highest BCUT2D eigenvalue weighted by Gasteiger charge is 2.35. The second-order valence-electron chi connectivity index (χ2n) is 3.39. The molecule has 1 saturated heterocycles. The highest BCUT2D eigenvalue weighted by atomic mass is 16.7. The van der Waals surface area contributed by atoms with Crippen LogP contribution in [0.3, 0.4) is 0 Å². The highest BCUT2D eigenvalue weighted by Crippen LogP contribution is 2.22. The van der Waals surface area contributed by atoms with Gasteiger partial charge in [0, 0.05) is 7.11 Å². The zero-order valence-corrected chi connectivity index (χ0v) is 8.82. The number of carbonyl (C=O) groups is 1. The Morgan fingerprint density at radius 3 is 3.00 bits per heavy atom. The Morgan fingerprint density at radius 2 is 2.36 bits per heavy atom. The first kappa shape index (κ1) is 11.5. The lowest BCUT2D eigenvalue weighted by molar-refractivity contribution is -0.164. The second-order valence-corrected chi connectivity index (χ2v) is 3.39. The molecule has 1 fully saturated rings. The smallest absolute Gasteiger partial charge is 0.314 e. The molecule has 0 aliphatic carbocycles. The molecule has 2 atom stereocenters. The molecule has 1 heterocycles. The lowest BCUT2D eigenvalue weighted by atomic mass is 10.1. The van der Waals surface area contributed by atoms with E-state index in [1.807, 2.05) is 0 Å². The van der Waals surface area contributed by atoms with Gasteiger partial charge in [0.25, 0.3) is 0 Å². The molecule has 0 saturated carbocycles. The molecule has 82 valence electrons. The lowest BCUT2D eigenvalue weighted by Crippen LogP contribution is -2.27. The first-order chi connectivity index (χ1) is 6.79. The molecule has 1 rings (SSSR count). The maximum atomic E-state index is 11.5. The average Bonchev–Trinajstić information content (AvgIpc) is 2.65. The Labute approximate surface area is 84.5 Å². The predicted octanol–water partition coefficient (Wildman–Crippen LogP) is 1.34. The van der Waals surface area contributed by atoms with E-state index in [1.54, 1.807) is 7.11 Å². The summed E-state index contributed by atoms with van der Waals surface area (Å²) in [5.41, 5.74) is 0. The number of rotatable bonds is 5. The molecule has 14 heavy (non-hydrogen) atoms. The number of hydrogen-bond acceptors (Lipinski definition) is 4. The van der Waals surface area contributed by atoms with Crippen molar-refractivity contribution < 1.29 is 19.0 Å². The predicted molar refractivity (Wildman–Crippen MR) is 50.7 cm³/mol. The number of methoxy groups -OCH3 is 1. The van der Waals surface area contributed by atoms with Crippen LogP contribution in [0.2, 0.25) is 0 Å². The summed E-state index contributed by atoms with van der Waals surface area (Å²) in [6.07, 6.45) is 2.23. The minimum absolute atomic E-state index is 0.192. The van der Waals surface area contributed by atoms with Gasteiger partial charge in [0.15, 0.2) is 6.29 Å². The quantitative estimate of drug-likeness (QED) is 0.498. The van der Waals surface area contributed by atoms with E-state index in [9.17, 15) is 4.79 Å². The van der Waals surface area contributed by atoms with Gasteiger partial charge in [-0.05, 0) is 12.8 Å². The minimum Gasteiger partial charge on any atom is -0.465 e. The Hall–Kier alpha value is -0.610. The van der Waals surface area contributed by atoms with Gasteiger partial charge in [-0.15, -0.1) is 0 Å². The SMILES string of the molecule is CCCCOC(=O)[C@H]1CCOC1OC. The zero-order valence-electron chi connectivity index (χ0n) is 8.82. The van der Waals surface area contributed by atoms with Crippen LogP contribution < -0.4 is 0 Å². The van der Waals surface area contributed by atoms with Crippen LogP contribution in [0.1, 0.15) is 26.2 Å². The minimum atomic E-state index is -0.413. The molecular formula is C10H18O4. The molecule has 0 amide bonds. The van der Waals surface area contributed by atoms with Crippen molar-refractivity contribution in [3.63, 3.8) is 0 Å². The monoisotopic (exact) mass is 202 g/mol. The van der Waals surface area contributed by atoms with E-state index in [2.05, 4.69) is 6.92 Å². The van der Waals surface area contributed by atoms with E-state index in [4.69, 9.17) is 14.2 Å². The third-order valence-electron chi connectivity index (χ3n) is 2.32. The van der Waals surface area contributed by atoms with Crippen molar-refractivity contribution in [2.75, 3.05) is 20.3 Å². The van der Waals surface area contributed by atoms with Crippen LogP contribution in [-0.4, -0.2) is 32.6 Å². The molecule has 0 N–H and O–H groups in total. The number of esters is 1. The molecule has 4 heteroatoms. The van der Waals surface area contributed by atoms with Crippen molar-refractivity contribution >= 4 is 5.97 Å². The number of carbonyl (C=O) groups excluding carboxylic acids is 1. The van der Waals surface area contributed by atoms with Crippen LogP contribution in [-0.2, 0) is 19.0 Å². The van der Waals surface area contributed by atoms with Crippen LogP contribution in [0.15, 0.2) is 0 Å². The Kier molecular flexibility index (Phi) is 4.90. The summed E-state index contributed by atoms with van der Waals surface area (Å²) < 4.78 is 15.3. The Morgan fingerprint density at radius 1 is 1.57 bits per heavy atom. The summed E-state index contributed by atoms with van der Waals surface area (Å²) in [7, 11) is 1.54. The van der Waals surface area contributed by atoms with Gasteiger partial charge >= 0.3 is 5.97 Å². The molecule has 0 aromatic rings. The van der Waals surface area contributed by atoms with E-state index in [0.29, 0.717) is 19.6 Å². The maximum Gasteiger partial charge on any atom is 0.314 e. The van der Waals surface area contributed by atoms with Crippen LogP contribution in [0.4, 0.5) is 0 Å². The summed E-state index contributed by atoms with van der Waals surface area (Å²) in [5, 5.41) is 0. The highest BCUT2D eigenvalue weighted by molar-refractivity contribution is 5.73. The average molecular weight is 202 g/mol. The normalized spacial score (nSPS) is 26.4. The molecule has 0 aromatic heterocycles. The molecule has 0 aromatic carbocycles. The van der Waals surface area contributed by atoms with E-state index in [1.165, 1.54) is 0 Å². The third-order valence-corrected chi connectivity index (χ3v) is 2.32. The molecule has 4 nitrogen and oxygen atoms in total. The van der Waals surface area contributed by atoms with Gasteiger partial charge in [0.1, 0.15) is 5.92 Å². The van der Waals surface area contributed by atoms with Crippen molar-refractivity contribution in [3.05, 3.63) is 0 Å². The second kappa shape index (κ2) is 5.98. The van der Waals surface area contributed by atoms with E-state index in [-0.39, 0.29) is 11.9 Å². The van der Waals surface area contributed by atoms with Crippen LogP contribution in [0.25, 0.3) is 0 Å². The van der Waals surface area contributed by atoms with Crippen molar-refractivity contribution in [1.82, 2.24) is 0 Å². The number of ether oxygens (including phenoxy) is 3. The van der Waals surface area contributed by atoms with Crippen molar-refractivity contribution in [2.45, 2.75) is 32.5 Å². The van der Waals surface area contributed by atoms with E-state index < -0.39 is 6.29 Å². The number of hydrogen-bond donors (Lipinski definition) is 0. The summed E-state index contributed by atoms with van der Waals surface area (Å²) in [4.78, 5) is 11.5. The van der Waals surface area contributed by atoms with E-state index >= 15 is 0 Å². The van der Waals surface area contributed by atoms with Gasteiger partial charge < -0.3 is 14.2 Å². The summed E-state index contributed by atoms with van der Waals surface area (Å²) in [6, 6.07) is 0. The van der Waals surface area contributed by atoms with Gasteiger partial charge in [0.05, 0.1) is 13.2 Å². The first-order valence-corrected chi connectivity index (χ1v) is 5.10. The molecular weight excluding hydrogens is 184 g/mol. The third kappa shape index (κ3) is 2.96. The standard InChI is InChI=1S/C10H18O4/c1-3-4-6-13-9(11)8-5-7-14-10(8)12-2/h8,10H,3-7H2,1-2H3/t8-,10?/m1/s1. The first-order valence-electron chi connectivity index (χ1n) is 5.10. The molecule has 1 aliphatic heterocycles. The Bertz CT molecular complexity index is 181. The summed E-state index contributed by atoms with van der Waals surface area (Å²) in [6.45, 7) is 3.14. The number of unbranched alkanes of at least 4 members (excludes halogenated alkanes) is 1. The molecule has 1 aliphatic rings. The summed E-state index contributed by atoms with van der Waals surface area (Å²) in [5.74, 6) is -0.431. The maximum absolute atomic E-state index is 11.5. The van der Waals surface area contributed by atoms with E-state index in [0.717, 1.165) is 12.8 Å². The van der Waals surface area contributed by atoms with Crippen molar-refractivity contribution in [2.24, 2.45) is 5.92 Å². The fraction of sp³-hybridized carbons (Fsp3) is 0.900. The van der Waals surface area contributed by atoms with Gasteiger partial charge in [0.2, 0.25) is 0 Å². The van der Waals surface area contributed by atoms with Gasteiger partial charge in [-0.1, -0.05) is 13.3 Å². The van der Waals surface area contributed by atoms with Crippen LogP contribution >= 0.6 is 0 Å². The van der Waals surface area contributed by atoms with Crippen LogP contribution in [0, 0.1) is 5.92 Å². The fourth-order valence-corrected chi connectivity index (χ4v) is 1.45. The van der Waals surface area contributed by atoms with Gasteiger partial charge in [-0.3, -0.25) is 4.79 Å². The molecule has 0 bridgehead atoms.